The van der Waals surface area contributed by atoms with Crippen LogP contribution in [-0.2, 0) is 0 Å². The van der Waals surface area contributed by atoms with Crippen molar-refractivity contribution >= 4 is 0 Å². The molecule has 1 atom stereocenters. The van der Waals surface area contributed by atoms with Crippen LogP contribution < -0.4 is 0 Å². The normalized spacial score (nSPS) is 24.1. The molecule has 0 heteroatoms. The van der Waals surface area contributed by atoms with Gasteiger partial charge in [0, 0.05) is 0 Å². The molecule has 0 bridgehead atoms. The Bertz CT molecular complexity index is 289. The molecule has 0 aromatic carbocycles. The third-order valence-corrected chi connectivity index (χ3v) is 3.59. The first-order valence-electron chi connectivity index (χ1n) is 6.55. The first-order chi connectivity index (χ1) is 7.58. The molecule has 0 aliphatic heterocycles. The molecule has 0 fully saturated rings. The molecule has 90 valence electrons. The molecule has 0 aromatic rings. The topological polar surface area (TPSA) is 0 Å². The van der Waals surface area contributed by atoms with Gasteiger partial charge < -0.3 is 0 Å². The lowest BCUT2D eigenvalue weighted by Crippen LogP contribution is -2.14. The first kappa shape index (κ1) is 13.3. The molecule has 0 aromatic heterocycles. The van der Waals surface area contributed by atoms with Gasteiger partial charge in [-0.05, 0) is 56.9 Å². The minimum absolute atomic E-state index is 0.443. The van der Waals surface area contributed by atoms with Crippen LogP contribution in [0.15, 0.2) is 36.0 Å². The lowest BCUT2D eigenvalue weighted by atomic mass is 9.78. The van der Waals surface area contributed by atoms with Crippen molar-refractivity contribution in [3.63, 3.8) is 0 Å². The molecule has 0 amide bonds. The summed E-state index contributed by atoms with van der Waals surface area (Å²) in [6.07, 6.45) is 14.5. The average Bonchev–Trinajstić information content (AvgIpc) is 2.55. The lowest BCUT2D eigenvalue weighted by molar-refractivity contribution is 0.353. The van der Waals surface area contributed by atoms with Crippen LogP contribution in [0.25, 0.3) is 0 Å². The van der Waals surface area contributed by atoms with Crippen molar-refractivity contribution in [2.45, 2.75) is 59.3 Å². The van der Waals surface area contributed by atoms with Gasteiger partial charge in [0.15, 0.2) is 0 Å². The molecule has 0 radical (unpaired) electrons. The Labute approximate surface area is 101 Å². The van der Waals surface area contributed by atoms with E-state index in [0.717, 1.165) is 6.42 Å². The summed E-state index contributed by atoms with van der Waals surface area (Å²) in [5, 5.41) is 0. The van der Waals surface area contributed by atoms with E-state index < -0.39 is 0 Å². The molecule has 1 aliphatic rings. The Morgan fingerprint density at radius 3 is 2.81 bits per heavy atom. The summed E-state index contributed by atoms with van der Waals surface area (Å²) in [4.78, 5) is 0. The highest BCUT2D eigenvalue weighted by Crippen LogP contribution is 2.43. The number of rotatable bonds is 6. The highest BCUT2D eigenvalue weighted by Gasteiger charge is 2.30. The average molecular weight is 218 g/mol. The second-order valence-electron chi connectivity index (χ2n) is 5.51. The Balaban J connectivity index is 2.52. The zero-order valence-corrected chi connectivity index (χ0v) is 11.2. The maximum Gasteiger partial charge on any atom is -0.00755 e. The van der Waals surface area contributed by atoms with Crippen LogP contribution in [0.3, 0.4) is 0 Å². The van der Waals surface area contributed by atoms with Crippen LogP contribution in [0.1, 0.15) is 59.3 Å². The molecular weight excluding hydrogens is 192 g/mol. The van der Waals surface area contributed by atoms with Gasteiger partial charge in [-0.2, -0.15) is 0 Å². The molecule has 0 spiro atoms. The Hall–Kier alpha value is -0.780. The lowest BCUT2D eigenvalue weighted by Gasteiger charge is -2.27. The van der Waals surface area contributed by atoms with E-state index in [-0.39, 0.29) is 0 Å². The summed E-state index contributed by atoms with van der Waals surface area (Å²) >= 11 is 0. The molecule has 0 nitrogen and oxygen atoms in total. The fraction of sp³-hybridized carbons (Fsp3) is 0.625. The summed E-state index contributed by atoms with van der Waals surface area (Å²) in [6.45, 7) is 10.6. The Morgan fingerprint density at radius 2 is 2.19 bits per heavy atom. The monoisotopic (exact) mass is 218 g/mol. The van der Waals surface area contributed by atoms with Crippen molar-refractivity contribution in [2.24, 2.45) is 5.41 Å². The smallest absolute Gasteiger partial charge is 0.00755 e. The summed E-state index contributed by atoms with van der Waals surface area (Å²) in [7, 11) is 0. The van der Waals surface area contributed by atoms with Crippen LogP contribution in [-0.4, -0.2) is 0 Å². The number of allylic oxidation sites excluding steroid dienone is 5. The second kappa shape index (κ2) is 6.08. The molecule has 0 N–H and O–H groups in total. The predicted molar refractivity (Wildman–Crippen MR) is 73.5 cm³/mol. The van der Waals surface area contributed by atoms with Gasteiger partial charge in [0.1, 0.15) is 0 Å². The van der Waals surface area contributed by atoms with Gasteiger partial charge in [0.2, 0.25) is 0 Å². The van der Waals surface area contributed by atoms with E-state index in [1.807, 2.05) is 6.08 Å². The van der Waals surface area contributed by atoms with Gasteiger partial charge in [-0.15, -0.1) is 6.58 Å². The van der Waals surface area contributed by atoms with E-state index in [1.165, 1.54) is 37.7 Å². The first-order valence-corrected chi connectivity index (χ1v) is 6.55. The summed E-state index contributed by atoms with van der Waals surface area (Å²) in [6, 6.07) is 0. The minimum Gasteiger partial charge on any atom is -0.103 e. The summed E-state index contributed by atoms with van der Waals surface area (Å²) < 4.78 is 0. The molecule has 0 heterocycles. The van der Waals surface area contributed by atoms with E-state index in [0.29, 0.717) is 5.41 Å². The van der Waals surface area contributed by atoms with Crippen molar-refractivity contribution in [3.8, 4) is 0 Å². The second-order valence-corrected chi connectivity index (χ2v) is 5.51. The van der Waals surface area contributed by atoms with Crippen LogP contribution >= 0.6 is 0 Å². The highest BCUT2D eigenvalue weighted by molar-refractivity contribution is 5.32. The van der Waals surface area contributed by atoms with Gasteiger partial charge >= 0.3 is 0 Å². The third-order valence-electron chi connectivity index (χ3n) is 3.59. The van der Waals surface area contributed by atoms with Crippen molar-refractivity contribution < 1.29 is 0 Å². The SMILES string of the molecule is C=CCCCCC1(C)CCC=C1C=C(C)C. The predicted octanol–water partition coefficient (Wildman–Crippen LogP) is 5.43. The maximum atomic E-state index is 3.78. The van der Waals surface area contributed by atoms with Gasteiger partial charge in [-0.25, -0.2) is 0 Å². The quantitative estimate of drug-likeness (QED) is 0.412. The maximum absolute atomic E-state index is 3.78. The molecule has 1 rings (SSSR count). The van der Waals surface area contributed by atoms with Crippen LogP contribution in [0.5, 0.6) is 0 Å². The fourth-order valence-electron chi connectivity index (χ4n) is 2.55. The van der Waals surface area contributed by atoms with Crippen LogP contribution in [0.4, 0.5) is 0 Å². The van der Waals surface area contributed by atoms with E-state index >= 15 is 0 Å². The Kier molecular flexibility index (Phi) is 5.05. The highest BCUT2D eigenvalue weighted by atomic mass is 14.3. The minimum atomic E-state index is 0.443. The summed E-state index contributed by atoms with van der Waals surface area (Å²) in [5.41, 5.74) is 3.44. The van der Waals surface area contributed by atoms with Crippen LogP contribution in [0, 0.1) is 5.41 Å². The standard InChI is InChI=1S/C16H26/c1-5-6-7-8-11-16(4)12-9-10-15(16)13-14(2)3/h5,10,13H,1,6-9,11-12H2,2-4H3. The molecule has 0 saturated carbocycles. The van der Waals surface area contributed by atoms with E-state index in [9.17, 15) is 0 Å². The summed E-state index contributed by atoms with van der Waals surface area (Å²) in [5.74, 6) is 0. The van der Waals surface area contributed by atoms with Crippen molar-refractivity contribution in [1.82, 2.24) is 0 Å². The molecule has 1 aliphatic carbocycles. The number of hydrogen-bond acceptors (Lipinski definition) is 0. The fourth-order valence-corrected chi connectivity index (χ4v) is 2.55. The van der Waals surface area contributed by atoms with E-state index in [1.54, 1.807) is 5.57 Å². The van der Waals surface area contributed by atoms with Gasteiger partial charge in [-0.1, -0.05) is 37.1 Å². The van der Waals surface area contributed by atoms with Crippen molar-refractivity contribution in [2.75, 3.05) is 0 Å². The van der Waals surface area contributed by atoms with E-state index in [4.69, 9.17) is 0 Å². The van der Waals surface area contributed by atoms with Crippen molar-refractivity contribution in [1.29, 1.82) is 0 Å². The third kappa shape index (κ3) is 3.66. The zero-order chi connectivity index (χ0) is 12.0. The molecular formula is C16H26. The largest absolute Gasteiger partial charge is 0.103 e. The molecule has 16 heavy (non-hydrogen) atoms. The Morgan fingerprint density at radius 1 is 1.44 bits per heavy atom. The number of hydrogen-bond donors (Lipinski definition) is 0. The van der Waals surface area contributed by atoms with E-state index in [2.05, 4.69) is 39.5 Å². The zero-order valence-electron chi connectivity index (χ0n) is 11.2. The number of unbranched alkanes of at least 4 members (excludes halogenated alkanes) is 2. The van der Waals surface area contributed by atoms with Gasteiger partial charge in [-0.3, -0.25) is 0 Å². The molecule has 0 saturated heterocycles. The van der Waals surface area contributed by atoms with Gasteiger partial charge in [0.05, 0.1) is 0 Å². The molecule has 1 unspecified atom stereocenters. The van der Waals surface area contributed by atoms with Crippen LogP contribution in [0.2, 0.25) is 0 Å². The van der Waals surface area contributed by atoms with Crippen molar-refractivity contribution in [3.05, 3.63) is 36.0 Å². The van der Waals surface area contributed by atoms with Gasteiger partial charge in [0.25, 0.3) is 0 Å².